The van der Waals surface area contributed by atoms with E-state index in [-0.39, 0.29) is 0 Å². The molecule has 266 valence electrons. The molecule has 0 saturated heterocycles. The molecule has 57 heavy (non-hydrogen) atoms. The molecule has 0 amide bonds. The van der Waals surface area contributed by atoms with Crippen LogP contribution in [0.2, 0.25) is 0 Å². The standard InChI is InChI=1S/C54H34N2O/c1-2-12-40(13-3-1)56-51-17-9-8-16-47(51)49-33-38(23-30-52(49)56)35-20-24-41(25-21-35)55(42-26-29-45-39(32-42)19-18-36-10-4-6-14-44(36)45)43-27-31-53-50(34-43)48-28-22-37-11-5-7-15-46(37)54(48)57-53/h1-34H. The molecule has 0 fully saturated rings. The van der Waals surface area contributed by atoms with Crippen molar-refractivity contribution in [3.8, 4) is 16.8 Å². The Morgan fingerprint density at radius 2 is 0.930 bits per heavy atom. The number of aromatic nitrogens is 1. The molecule has 0 atom stereocenters. The van der Waals surface area contributed by atoms with Crippen molar-refractivity contribution in [1.29, 1.82) is 0 Å². The van der Waals surface area contributed by atoms with Crippen molar-refractivity contribution in [1.82, 2.24) is 4.57 Å². The molecule has 0 saturated carbocycles. The first-order valence-electron chi connectivity index (χ1n) is 19.5. The van der Waals surface area contributed by atoms with Crippen molar-refractivity contribution in [2.45, 2.75) is 0 Å². The monoisotopic (exact) mass is 726 g/mol. The van der Waals surface area contributed by atoms with Gasteiger partial charge in [-0.2, -0.15) is 0 Å². The normalized spacial score (nSPS) is 11.9. The van der Waals surface area contributed by atoms with Crippen LogP contribution in [0.5, 0.6) is 0 Å². The van der Waals surface area contributed by atoms with Gasteiger partial charge in [-0.25, -0.2) is 0 Å². The summed E-state index contributed by atoms with van der Waals surface area (Å²) in [4.78, 5) is 2.37. The van der Waals surface area contributed by atoms with Crippen molar-refractivity contribution in [2.75, 3.05) is 4.90 Å². The van der Waals surface area contributed by atoms with Crippen molar-refractivity contribution < 1.29 is 4.42 Å². The SMILES string of the molecule is c1ccc(-n2c3ccccc3c3cc(-c4ccc(N(c5ccc6c(ccc7ccccc76)c5)c5ccc6oc7c8ccccc8ccc7c6c5)cc4)ccc32)cc1. The molecule has 0 aliphatic rings. The van der Waals surface area contributed by atoms with E-state index < -0.39 is 0 Å². The Morgan fingerprint density at radius 1 is 0.333 bits per heavy atom. The first kappa shape index (κ1) is 31.7. The third kappa shape index (κ3) is 4.99. The van der Waals surface area contributed by atoms with Gasteiger partial charge in [0.1, 0.15) is 11.2 Å². The Hall–Kier alpha value is -7.62. The van der Waals surface area contributed by atoms with Crippen LogP contribution in [0.4, 0.5) is 17.1 Å². The number of benzene rings is 10. The van der Waals surface area contributed by atoms with Gasteiger partial charge in [0.15, 0.2) is 0 Å². The number of anilines is 3. The minimum atomic E-state index is 0.884. The first-order chi connectivity index (χ1) is 28.2. The second-order valence-electron chi connectivity index (χ2n) is 14.9. The highest BCUT2D eigenvalue weighted by molar-refractivity contribution is 6.16. The van der Waals surface area contributed by atoms with Gasteiger partial charge in [-0.05, 0) is 117 Å². The molecule has 2 aromatic heterocycles. The largest absolute Gasteiger partial charge is 0.455 e. The number of nitrogens with zero attached hydrogens (tertiary/aromatic N) is 2. The van der Waals surface area contributed by atoms with E-state index in [0.29, 0.717) is 0 Å². The minimum absolute atomic E-state index is 0.884. The highest BCUT2D eigenvalue weighted by Crippen LogP contribution is 2.42. The predicted molar refractivity (Wildman–Crippen MR) is 241 cm³/mol. The lowest BCUT2D eigenvalue weighted by Crippen LogP contribution is -2.09. The highest BCUT2D eigenvalue weighted by Gasteiger charge is 2.18. The molecule has 0 spiro atoms. The van der Waals surface area contributed by atoms with Gasteiger partial charge in [-0.15, -0.1) is 0 Å². The lowest BCUT2D eigenvalue weighted by Gasteiger charge is -2.26. The third-order valence-electron chi connectivity index (χ3n) is 11.7. The minimum Gasteiger partial charge on any atom is -0.455 e. The Kier molecular flexibility index (Phi) is 6.93. The third-order valence-corrected chi connectivity index (χ3v) is 11.7. The maximum absolute atomic E-state index is 6.54. The molecule has 3 heteroatoms. The Labute approximate surface area is 328 Å². The van der Waals surface area contributed by atoms with Gasteiger partial charge in [0.2, 0.25) is 0 Å². The number of hydrogen-bond acceptors (Lipinski definition) is 2. The summed E-state index contributed by atoms with van der Waals surface area (Å²) < 4.78 is 8.90. The van der Waals surface area contributed by atoms with Crippen LogP contribution in [0.15, 0.2) is 211 Å². The maximum atomic E-state index is 6.54. The van der Waals surface area contributed by atoms with Gasteiger partial charge in [-0.1, -0.05) is 127 Å². The number of rotatable bonds is 5. The second kappa shape index (κ2) is 12.5. The lowest BCUT2D eigenvalue weighted by molar-refractivity contribution is 0.672. The molecule has 0 aliphatic heterocycles. The molecule has 3 nitrogen and oxygen atoms in total. The summed E-state index contributed by atoms with van der Waals surface area (Å²) in [5, 5.41) is 12.0. The number of furan rings is 1. The topological polar surface area (TPSA) is 21.3 Å². The van der Waals surface area contributed by atoms with Crippen LogP contribution < -0.4 is 4.90 Å². The molecular formula is C54H34N2O. The zero-order valence-electron chi connectivity index (χ0n) is 30.9. The summed E-state index contributed by atoms with van der Waals surface area (Å²) in [7, 11) is 0. The smallest absolute Gasteiger partial charge is 0.143 e. The van der Waals surface area contributed by atoms with E-state index in [1.54, 1.807) is 0 Å². The molecule has 10 aromatic carbocycles. The van der Waals surface area contributed by atoms with Gasteiger partial charge >= 0.3 is 0 Å². The molecule has 0 radical (unpaired) electrons. The van der Waals surface area contributed by atoms with Crippen LogP contribution in [-0.4, -0.2) is 4.57 Å². The summed E-state index contributed by atoms with van der Waals surface area (Å²) in [6.45, 7) is 0. The lowest BCUT2D eigenvalue weighted by atomic mass is 10.0. The van der Waals surface area contributed by atoms with Gasteiger partial charge < -0.3 is 13.9 Å². The fraction of sp³-hybridized carbons (Fsp3) is 0. The number of hydrogen-bond donors (Lipinski definition) is 0. The van der Waals surface area contributed by atoms with Crippen molar-refractivity contribution in [3.05, 3.63) is 206 Å². The molecule has 0 aliphatic carbocycles. The van der Waals surface area contributed by atoms with Crippen molar-refractivity contribution >= 4 is 93.1 Å². The highest BCUT2D eigenvalue weighted by atomic mass is 16.3. The molecule has 0 N–H and O–H groups in total. The maximum Gasteiger partial charge on any atom is 0.143 e. The van der Waals surface area contributed by atoms with E-state index in [4.69, 9.17) is 4.42 Å². The van der Waals surface area contributed by atoms with E-state index in [2.05, 4.69) is 216 Å². The molecule has 12 aromatic rings. The molecule has 0 unspecified atom stereocenters. The van der Waals surface area contributed by atoms with E-state index in [0.717, 1.165) is 50.1 Å². The van der Waals surface area contributed by atoms with Gasteiger partial charge in [0.25, 0.3) is 0 Å². The van der Waals surface area contributed by atoms with Gasteiger partial charge in [0.05, 0.1) is 11.0 Å². The molecule has 0 bridgehead atoms. The zero-order valence-corrected chi connectivity index (χ0v) is 30.9. The summed E-state index contributed by atoms with van der Waals surface area (Å²) >= 11 is 0. The van der Waals surface area contributed by atoms with Gasteiger partial charge in [0, 0.05) is 49.7 Å². The fourth-order valence-corrected chi connectivity index (χ4v) is 9.03. The van der Waals surface area contributed by atoms with Crippen LogP contribution in [0.1, 0.15) is 0 Å². The second-order valence-corrected chi connectivity index (χ2v) is 14.9. The van der Waals surface area contributed by atoms with Crippen molar-refractivity contribution in [2.24, 2.45) is 0 Å². The van der Waals surface area contributed by atoms with Crippen LogP contribution in [0.25, 0.3) is 92.9 Å². The van der Waals surface area contributed by atoms with Crippen LogP contribution in [0.3, 0.4) is 0 Å². The zero-order chi connectivity index (χ0) is 37.5. The van der Waals surface area contributed by atoms with E-state index in [1.807, 2.05) is 0 Å². The van der Waals surface area contributed by atoms with Gasteiger partial charge in [-0.3, -0.25) is 0 Å². The molecular weight excluding hydrogens is 693 g/mol. The summed E-state index contributed by atoms with van der Waals surface area (Å²) in [6.07, 6.45) is 0. The number of para-hydroxylation sites is 2. The van der Waals surface area contributed by atoms with Crippen LogP contribution in [0, 0.1) is 0 Å². The van der Waals surface area contributed by atoms with Crippen LogP contribution in [-0.2, 0) is 0 Å². The molecule has 12 rings (SSSR count). The summed E-state index contributed by atoms with van der Waals surface area (Å²) in [5.41, 5.74) is 11.0. The molecule has 2 heterocycles. The number of fused-ring (bicyclic) bond motifs is 11. The average Bonchev–Trinajstić information content (AvgIpc) is 3.82. The Morgan fingerprint density at radius 3 is 1.79 bits per heavy atom. The summed E-state index contributed by atoms with van der Waals surface area (Å²) in [5.74, 6) is 0. The van der Waals surface area contributed by atoms with Crippen LogP contribution >= 0.6 is 0 Å². The quantitative estimate of drug-likeness (QED) is 0.165. The van der Waals surface area contributed by atoms with E-state index >= 15 is 0 Å². The predicted octanol–water partition coefficient (Wildman–Crippen LogP) is 15.3. The summed E-state index contributed by atoms with van der Waals surface area (Å²) in [6, 6.07) is 74.6. The Balaban J connectivity index is 1.01. The Bertz CT molecular complexity index is 3520. The van der Waals surface area contributed by atoms with Crippen molar-refractivity contribution in [3.63, 3.8) is 0 Å². The first-order valence-corrected chi connectivity index (χ1v) is 19.5. The van der Waals surface area contributed by atoms with E-state index in [9.17, 15) is 0 Å². The fourth-order valence-electron chi connectivity index (χ4n) is 9.03. The van der Waals surface area contributed by atoms with E-state index in [1.165, 1.54) is 59.9 Å². The average molecular weight is 727 g/mol.